The van der Waals surface area contributed by atoms with E-state index in [9.17, 15) is 0 Å². The summed E-state index contributed by atoms with van der Waals surface area (Å²) in [4.78, 5) is 2.50. The number of hydrogen-bond donors (Lipinski definition) is 1. The van der Waals surface area contributed by atoms with Gasteiger partial charge in [-0.05, 0) is 36.2 Å². The second kappa shape index (κ2) is 5.71. The molecule has 0 fully saturated rings. The van der Waals surface area contributed by atoms with Gasteiger partial charge in [0, 0.05) is 20.8 Å². The van der Waals surface area contributed by atoms with Crippen LogP contribution in [-0.4, -0.2) is 0 Å². The molecule has 0 aliphatic rings. The van der Waals surface area contributed by atoms with Crippen LogP contribution in [0.4, 0.5) is 0 Å². The first kappa shape index (κ1) is 12.7. The maximum Gasteiger partial charge on any atom is 0.0231 e. The average molecular weight is 308 g/mol. The number of aryl methyl sites for hydroxylation is 1. The highest BCUT2D eigenvalue weighted by Gasteiger charge is 2.07. The Morgan fingerprint density at radius 2 is 1.76 bits per heavy atom. The molecule has 0 saturated carbocycles. The monoisotopic (exact) mass is 307 g/mol. The predicted octanol–water partition coefficient (Wildman–Crippen LogP) is 4.37. The lowest BCUT2D eigenvalue weighted by Crippen LogP contribution is -1.99. The lowest BCUT2D eigenvalue weighted by molar-refractivity contribution is 1.02. The maximum atomic E-state index is 5.80. The van der Waals surface area contributed by atoms with Gasteiger partial charge < -0.3 is 5.73 Å². The summed E-state index contributed by atoms with van der Waals surface area (Å²) < 4.78 is 1.08. The molecule has 0 heterocycles. The minimum atomic E-state index is 0.551. The largest absolute Gasteiger partial charge is 0.326 e. The molecule has 0 spiro atoms. The molecule has 2 aromatic carbocycles. The third kappa shape index (κ3) is 2.92. The molecule has 0 bridgehead atoms. The smallest absolute Gasteiger partial charge is 0.0231 e. The summed E-state index contributed by atoms with van der Waals surface area (Å²) in [6.45, 7) is 2.68. The normalized spacial score (nSPS) is 10.5. The predicted molar refractivity (Wildman–Crippen MR) is 77.3 cm³/mol. The molecule has 17 heavy (non-hydrogen) atoms. The van der Waals surface area contributed by atoms with E-state index in [-0.39, 0.29) is 0 Å². The van der Waals surface area contributed by atoms with Crippen LogP contribution in [0.3, 0.4) is 0 Å². The van der Waals surface area contributed by atoms with E-state index in [1.165, 1.54) is 20.9 Å². The van der Waals surface area contributed by atoms with E-state index in [4.69, 9.17) is 5.73 Å². The number of rotatable bonds is 3. The first-order valence-electron chi connectivity index (χ1n) is 5.43. The van der Waals surface area contributed by atoms with Crippen LogP contribution in [0, 0.1) is 6.92 Å². The number of hydrogen-bond acceptors (Lipinski definition) is 2. The van der Waals surface area contributed by atoms with Crippen molar-refractivity contribution in [2.45, 2.75) is 23.3 Å². The highest BCUT2D eigenvalue weighted by atomic mass is 79.9. The standard InChI is InChI=1S/C14H14BrNS/c1-10-5-2-3-7-13(10)17-14-8-4-6-12(15)11(14)9-16/h2-8H,9,16H2,1H3. The molecular weight excluding hydrogens is 294 g/mol. The van der Waals surface area contributed by atoms with Gasteiger partial charge in [0.1, 0.15) is 0 Å². The molecule has 0 unspecified atom stereocenters. The molecule has 0 aromatic heterocycles. The average Bonchev–Trinajstić information content (AvgIpc) is 2.32. The molecule has 88 valence electrons. The summed E-state index contributed by atoms with van der Waals surface area (Å²) >= 11 is 5.32. The van der Waals surface area contributed by atoms with Crippen molar-refractivity contribution in [1.29, 1.82) is 0 Å². The van der Waals surface area contributed by atoms with Gasteiger partial charge in [0.15, 0.2) is 0 Å². The van der Waals surface area contributed by atoms with Crippen molar-refractivity contribution in [2.75, 3.05) is 0 Å². The zero-order chi connectivity index (χ0) is 12.3. The Labute approximate surface area is 115 Å². The Hall–Kier alpha value is -0.770. The van der Waals surface area contributed by atoms with Gasteiger partial charge in [-0.15, -0.1) is 0 Å². The van der Waals surface area contributed by atoms with Crippen LogP contribution in [0.15, 0.2) is 56.7 Å². The van der Waals surface area contributed by atoms with E-state index in [1.807, 2.05) is 12.1 Å². The molecule has 0 saturated heterocycles. The summed E-state index contributed by atoms with van der Waals surface area (Å²) in [6, 6.07) is 14.6. The van der Waals surface area contributed by atoms with Gasteiger partial charge in [-0.25, -0.2) is 0 Å². The van der Waals surface area contributed by atoms with E-state index >= 15 is 0 Å². The first-order chi connectivity index (χ1) is 8.22. The lowest BCUT2D eigenvalue weighted by atomic mass is 10.2. The Balaban J connectivity index is 2.37. The van der Waals surface area contributed by atoms with Crippen LogP contribution >= 0.6 is 27.7 Å². The van der Waals surface area contributed by atoms with Crippen molar-refractivity contribution in [1.82, 2.24) is 0 Å². The Morgan fingerprint density at radius 3 is 2.47 bits per heavy atom. The van der Waals surface area contributed by atoms with Gasteiger partial charge in [0.05, 0.1) is 0 Å². The molecule has 0 atom stereocenters. The van der Waals surface area contributed by atoms with Crippen LogP contribution in [0.5, 0.6) is 0 Å². The summed E-state index contributed by atoms with van der Waals surface area (Å²) in [5.74, 6) is 0. The van der Waals surface area contributed by atoms with Crippen molar-refractivity contribution >= 4 is 27.7 Å². The summed E-state index contributed by atoms with van der Waals surface area (Å²) in [5, 5.41) is 0. The first-order valence-corrected chi connectivity index (χ1v) is 7.04. The summed E-state index contributed by atoms with van der Waals surface area (Å²) in [5.41, 5.74) is 8.26. The fourth-order valence-electron chi connectivity index (χ4n) is 1.62. The second-order valence-electron chi connectivity index (χ2n) is 3.79. The van der Waals surface area contributed by atoms with Crippen LogP contribution in [0.2, 0.25) is 0 Å². The van der Waals surface area contributed by atoms with Crippen LogP contribution in [0.1, 0.15) is 11.1 Å². The third-order valence-corrected chi connectivity index (χ3v) is 4.62. The molecule has 0 radical (unpaired) electrons. The van der Waals surface area contributed by atoms with Crippen LogP contribution in [-0.2, 0) is 6.54 Å². The zero-order valence-electron chi connectivity index (χ0n) is 9.61. The van der Waals surface area contributed by atoms with E-state index in [0.29, 0.717) is 6.54 Å². The number of nitrogens with two attached hydrogens (primary N) is 1. The van der Waals surface area contributed by atoms with Gasteiger partial charge in [-0.2, -0.15) is 0 Å². The topological polar surface area (TPSA) is 26.0 Å². The van der Waals surface area contributed by atoms with Gasteiger partial charge >= 0.3 is 0 Å². The highest BCUT2D eigenvalue weighted by Crippen LogP contribution is 2.35. The van der Waals surface area contributed by atoms with Crippen molar-refractivity contribution in [2.24, 2.45) is 5.73 Å². The van der Waals surface area contributed by atoms with Gasteiger partial charge in [0.25, 0.3) is 0 Å². The highest BCUT2D eigenvalue weighted by molar-refractivity contribution is 9.10. The van der Waals surface area contributed by atoms with E-state index < -0.39 is 0 Å². The Kier molecular flexibility index (Phi) is 4.26. The van der Waals surface area contributed by atoms with Crippen molar-refractivity contribution in [3.05, 3.63) is 58.1 Å². The molecule has 2 aromatic rings. The Morgan fingerprint density at radius 1 is 1.06 bits per heavy atom. The van der Waals surface area contributed by atoms with Gasteiger partial charge in [0.2, 0.25) is 0 Å². The zero-order valence-corrected chi connectivity index (χ0v) is 12.0. The SMILES string of the molecule is Cc1ccccc1Sc1cccc(Br)c1CN. The fourth-order valence-corrected chi connectivity index (χ4v) is 3.36. The van der Waals surface area contributed by atoms with Crippen LogP contribution in [0.25, 0.3) is 0 Å². The van der Waals surface area contributed by atoms with Crippen LogP contribution < -0.4 is 5.73 Å². The molecule has 3 heteroatoms. The van der Waals surface area contributed by atoms with E-state index in [1.54, 1.807) is 11.8 Å². The Bertz CT molecular complexity index is 525. The minimum Gasteiger partial charge on any atom is -0.326 e. The van der Waals surface area contributed by atoms with Crippen molar-refractivity contribution in [3.63, 3.8) is 0 Å². The molecule has 2 N–H and O–H groups in total. The number of benzene rings is 2. The van der Waals surface area contributed by atoms with Crippen molar-refractivity contribution < 1.29 is 0 Å². The quantitative estimate of drug-likeness (QED) is 0.911. The number of halogens is 1. The van der Waals surface area contributed by atoms with Gasteiger partial charge in [-0.3, -0.25) is 0 Å². The van der Waals surface area contributed by atoms with E-state index in [2.05, 4.69) is 53.2 Å². The fraction of sp³-hybridized carbons (Fsp3) is 0.143. The molecule has 0 amide bonds. The molecule has 0 aliphatic carbocycles. The maximum absolute atomic E-state index is 5.80. The minimum absolute atomic E-state index is 0.551. The van der Waals surface area contributed by atoms with E-state index in [0.717, 1.165) is 4.47 Å². The van der Waals surface area contributed by atoms with Crippen molar-refractivity contribution in [3.8, 4) is 0 Å². The molecular formula is C14H14BrNS. The second-order valence-corrected chi connectivity index (χ2v) is 5.73. The van der Waals surface area contributed by atoms with Gasteiger partial charge in [-0.1, -0.05) is 52.0 Å². The summed E-state index contributed by atoms with van der Waals surface area (Å²) in [7, 11) is 0. The third-order valence-electron chi connectivity index (χ3n) is 2.59. The molecule has 1 nitrogen and oxygen atoms in total. The molecule has 2 rings (SSSR count). The summed E-state index contributed by atoms with van der Waals surface area (Å²) in [6.07, 6.45) is 0. The lowest BCUT2D eigenvalue weighted by Gasteiger charge is -2.10. The molecule has 0 aliphatic heterocycles.